The second kappa shape index (κ2) is 6.15. The topological polar surface area (TPSA) is 56.7 Å². The zero-order valence-corrected chi connectivity index (χ0v) is 12.9. The first-order valence-electron chi connectivity index (χ1n) is 7.30. The van der Waals surface area contributed by atoms with Gasteiger partial charge in [0, 0.05) is 29.5 Å². The molecule has 0 aliphatic carbocycles. The van der Waals surface area contributed by atoms with Crippen molar-refractivity contribution in [3.05, 3.63) is 35.4 Å². The van der Waals surface area contributed by atoms with Crippen LogP contribution >= 0.6 is 11.8 Å². The SMILES string of the molecule is C[C@@H](N)c1c(F)cccc1Sc1nnc2n1CCCCC2. The Morgan fingerprint density at radius 3 is 2.95 bits per heavy atom. The molecule has 1 aliphatic heterocycles. The molecule has 1 aromatic carbocycles. The largest absolute Gasteiger partial charge is 0.324 e. The zero-order valence-electron chi connectivity index (χ0n) is 12.1. The van der Waals surface area contributed by atoms with Crippen LogP contribution in [-0.4, -0.2) is 14.8 Å². The van der Waals surface area contributed by atoms with Gasteiger partial charge in [-0.25, -0.2) is 4.39 Å². The number of aryl methyl sites for hydroxylation is 1. The lowest BCUT2D eigenvalue weighted by molar-refractivity contribution is 0.582. The lowest BCUT2D eigenvalue weighted by Crippen LogP contribution is -2.09. The Labute approximate surface area is 127 Å². The van der Waals surface area contributed by atoms with E-state index in [0.29, 0.717) is 5.56 Å². The predicted molar refractivity (Wildman–Crippen MR) is 80.7 cm³/mol. The fourth-order valence-electron chi connectivity index (χ4n) is 2.68. The van der Waals surface area contributed by atoms with Gasteiger partial charge in [0.05, 0.1) is 0 Å². The second-order valence-electron chi connectivity index (χ2n) is 5.40. The number of halogens is 1. The lowest BCUT2D eigenvalue weighted by Gasteiger charge is -2.13. The molecule has 3 rings (SSSR count). The Morgan fingerprint density at radius 1 is 1.29 bits per heavy atom. The average molecular weight is 306 g/mol. The highest BCUT2D eigenvalue weighted by atomic mass is 32.2. The summed E-state index contributed by atoms with van der Waals surface area (Å²) in [6.45, 7) is 2.74. The van der Waals surface area contributed by atoms with Gasteiger partial charge in [0.2, 0.25) is 0 Å². The van der Waals surface area contributed by atoms with Gasteiger partial charge in [-0.1, -0.05) is 12.5 Å². The Hall–Kier alpha value is -1.40. The molecule has 0 fully saturated rings. The highest BCUT2D eigenvalue weighted by Crippen LogP contribution is 2.34. The van der Waals surface area contributed by atoms with E-state index in [-0.39, 0.29) is 11.9 Å². The van der Waals surface area contributed by atoms with Crippen molar-refractivity contribution in [2.75, 3.05) is 0 Å². The number of hydrogen-bond donors (Lipinski definition) is 1. The highest BCUT2D eigenvalue weighted by Gasteiger charge is 2.19. The van der Waals surface area contributed by atoms with E-state index in [1.807, 2.05) is 6.07 Å². The van der Waals surface area contributed by atoms with Gasteiger partial charge in [0.1, 0.15) is 11.6 Å². The molecule has 1 aliphatic rings. The first-order valence-corrected chi connectivity index (χ1v) is 8.12. The van der Waals surface area contributed by atoms with Gasteiger partial charge in [-0.05, 0) is 43.7 Å². The van der Waals surface area contributed by atoms with E-state index < -0.39 is 0 Å². The maximum atomic E-state index is 14.0. The third kappa shape index (κ3) is 2.96. The van der Waals surface area contributed by atoms with Crippen molar-refractivity contribution in [3.63, 3.8) is 0 Å². The first-order chi connectivity index (χ1) is 10.2. The van der Waals surface area contributed by atoms with Gasteiger partial charge in [-0.2, -0.15) is 0 Å². The molecule has 1 aromatic heterocycles. The quantitative estimate of drug-likeness (QED) is 0.945. The van der Waals surface area contributed by atoms with E-state index in [2.05, 4.69) is 14.8 Å². The van der Waals surface area contributed by atoms with Gasteiger partial charge in [0.25, 0.3) is 0 Å². The van der Waals surface area contributed by atoms with Crippen molar-refractivity contribution in [3.8, 4) is 0 Å². The van der Waals surface area contributed by atoms with Gasteiger partial charge >= 0.3 is 0 Å². The molecule has 2 N–H and O–H groups in total. The molecule has 0 amide bonds. The third-order valence-corrected chi connectivity index (χ3v) is 4.81. The Balaban J connectivity index is 1.95. The summed E-state index contributed by atoms with van der Waals surface area (Å²) < 4.78 is 16.2. The lowest BCUT2D eigenvalue weighted by atomic mass is 10.1. The van der Waals surface area contributed by atoms with Gasteiger partial charge in [0.15, 0.2) is 5.16 Å². The smallest absolute Gasteiger partial charge is 0.196 e. The summed E-state index contributed by atoms with van der Waals surface area (Å²) in [7, 11) is 0. The molecule has 0 saturated carbocycles. The highest BCUT2D eigenvalue weighted by molar-refractivity contribution is 7.99. The number of hydrogen-bond acceptors (Lipinski definition) is 4. The number of fused-ring (bicyclic) bond motifs is 1. The van der Waals surface area contributed by atoms with Crippen molar-refractivity contribution in [2.24, 2.45) is 5.73 Å². The maximum absolute atomic E-state index is 14.0. The molecular weight excluding hydrogens is 287 g/mol. The Kier molecular flexibility index (Phi) is 4.26. The maximum Gasteiger partial charge on any atom is 0.196 e. The molecule has 0 spiro atoms. The van der Waals surface area contributed by atoms with Crippen LogP contribution in [0.4, 0.5) is 4.39 Å². The third-order valence-electron chi connectivity index (χ3n) is 3.75. The molecule has 0 unspecified atom stereocenters. The van der Waals surface area contributed by atoms with Crippen LogP contribution in [0.2, 0.25) is 0 Å². The van der Waals surface area contributed by atoms with Crippen LogP contribution in [0.25, 0.3) is 0 Å². The molecule has 6 heteroatoms. The summed E-state index contributed by atoms with van der Waals surface area (Å²) in [5, 5.41) is 9.39. The van der Waals surface area contributed by atoms with Gasteiger partial charge in [-0.15, -0.1) is 10.2 Å². The monoisotopic (exact) mass is 306 g/mol. The van der Waals surface area contributed by atoms with Gasteiger partial charge in [-0.3, -0.25) is 0 Å². The van der Waals surface area contributed by atoms with Crippen molar-refractivity contribution in [1.82, 2.24) is 14.8 Å². The minimum atomic E-state index is -0.347. The number of benzene rings is 1. The van der Waals surface area contributed by atoms with Crippen molar-refractivity contribution in [1.29, 1.82) is 0 Å². The van der Waals surface area contributed by atoms with E-state index in [4.69, 9.17) is 5.73 Å². The summed E-state index contributed by atoms with van der Waals surface area (Å²) in [4.78, 5) is 0.824. The van der Waals surface area contributed by atoms with E-state index in [9.17, 15) is 4.39 Å². The number of nitrogens with zero attached hydrogens (tertiary/aromatic N) is 3. The molecule has 0 bridgehead atoms. The summed E-state index contributed by atoms with van der Waals surface area (Å²) in [6, 6.07) is 4.71. The molecule has 0 saturated heterocycles. The molecule has 4 nitrogen and oxygen atoms in total. The number of nitrogens with two attached hydrogens (primary N) is 1. The number of rotatable bonds is 3. The standard InChI is InChI=1S/C15H19FN4S/c1-10(17)14-11(16)6-5-7-12(14)21-15-19-18-13-8-3-2-4-9-20(13)15/h5-7,10H,2-4,8-9,17H2,1H3/t10-/m1/s1. The summed E-state index contributed by atoms with van der Waals surface area (Å²) in [6.07, 6.45) is 4.49. The summed E-state index contributed by atoms with van der Waals surface area (Å²) >= 11 is 1.46. The molecule has 2 heterocycles. The predicted octanol–water partition coefficient (Wildman–Crippen LogP) is 3.31. The Morgan fingerprint density at radius 2 is 2.14 bits per heavy atom. The van der Waals surface area contributed by atoms with Crippen LogP contribution in [0.15, 0.2) is 28.3 Å². The van der Waals surface area contributed by atoms with E-state index >= 15 is 0 Å². The molecule has 0 radical (unpaired) electrons. The molecule has 112 valence electrons. The molecule has 2 aromatic rings. The first kappa shape index (κ1) is 14.5. The van der Waals surface area contributed by atoms with Crippen molar-refractivity contribution >= 4 is 11.8 Å². The van der Waals surface area contributed by atoms with Crippen molar-refractivity contribution in [2.45, 2.75) is 55.2 Å². The molecule has 21 heavy (non-hydrogen) atoms. The fraction of sp³-hybridized carbons (Fsp3) is 0.467. The van der Waals surface area contributed by atoms with Crippen LogP contribution in [0.3, 0.4) is 0 Å². The van der Waals surface area contributed by atoms with E-state index in [0.717, 1.165) is 41.7 Å². The zero-order chi connectivity index (χ0) is 14.8. The normalized spacial score (nSPS) is 16.3. The second-order valence-corrected chi connectivity index (χ2v) is 6.41. The van der Waals surface area contributed by atoms with Crippen LogP contribution < -0.4 is 5.73 Å². The minimum Gasteiger partial charge on any atom is -0.324 e. The van der Waals surface area contributed by atoms with E-state index in [1.165, 1.54) is 24.2 Å². The average Bonchev–Trinajstić information content (AvgIpc) is 2.68. The van der Waals surface area contributed by atoms with E-state index in [1.54, 1.807) is 13.0 Å². The van der Waals surface area contributed by atoms with Crippen LogP contribution in [-0.2, 0) is 13.0 Å². The van der Waals surface area contributed by atoms with Crippen LogP contribution in [0, 0.1) is 5.82 Å². The van der Waals surface area contributed by atoms with Crippen LogP contribution in [0.1, 0.15) is 43.6 Å². The molecular formula is C15H19FN4S. The summed E-state index contributed by atoms with van der Waals surface area (Å²) in [5.41, 5.74) is 6.46. The minimum absolute atomic E-state index is 0.259. The molecule has 1 atom stereocenters. The summed E-state index contributed by atoms with van der Waals surface area (Å²) in [5.74, 6) is 0.777. The Bertz CT molecular complexity index is 639. The van der Waals surface area contributed by atoms with Crippen LogP contribution in [0.5, 0.6) is 0 Å². The number of aromatic nitrogens is 3. The van der Waals surface area contributed by atoms with Crippen molar-refractivity contribution < 1.29 is 4.39 Å². The van der Waals surface area contributed by atoms with Gasteiger partial charge < -0.3 is 10.3 Å². The fourth-order valence-corrected chi connectivity index (χ4v) is 3.81.